The molecule has 468 valence electrons. The van der Waals surface area contributed by atoms with Crippen molar-refractivity contribution in [3.63, 3.8) is 0 Å². The zero-order valence-corrected chi connectivity index (χ0v) is 49.0. The van der Waals surface area contributed by atoms with Crippen molar-refractivity contribution >= 4 is 91.6 Å². The number of hydrogen-bond acceptors (Lipinski definition) is 18. The molecule has 28 nitrogen and oxygen atoms in total. The molecule has 0 unspecified atom stereocenters. The van der Waals surface area contributed by atoms with Gasteiger partial charge >= 0.3 is 5.97 Å². The van der Waals surface area contributed by atoms with Crippen LogP contribution in [0.15, 0.2) is 91.3 Å². The molecule has 9 amide bonds. The SMILES string of the molecule is C[C@@H](O)[C@H](NC(=O)[C@@H]1CSSC[C@H](NC(=O)[C@@H](Cc2ccccc2)NC(=O)CNC(=O)c2cn(CC[18F])nn2)C(=O)N[C@@H](Cc2ccc(O)cc2)C(=O)N[C@H](Cc2c[nH]c3ccccc23)C(=O)N[C@@H](CCCCN)C(=O)N[C@@H]([C@@H](C)O)C(=O)N1)C(=O)O. The summed E-state index contributed by atoms with van der Waals surface area (Å²) in [4.78, 5) is 144. The first-order valence-corrected chi connectivity index (χ1v) is 30.2. The van der Waals surface area contributed by atoms with Gasteiger partial charge in [0.15, 0.2) is 11.7 Å². The number of aromatic amines is 1. The summed E-state index contributed by atoms with van der Waals surface area (Å²) in [7, 11) is 1.67. The van der Waals surface area contributed by atoms with Gasteiger partial charge in [-0.15, -0.1) is 5.10 Å². The Bertz CT molecular complexity index is 3190. The number of phenols is 1. The molecule has 5 aromatic rings. The predicted molar refractivity (Wildman–Crippen MR) is 317 cm³/mol. The molecule has 87 heavy (non-hydrogen) atoms. The number of carboxylic acids is 1. The highest BCUT2D eigenvalue weighted by Gasteiger charge is 2.37. The van der Waals surface area contributed by atoms with Crippen LogP contribution >= 0.6 is 21.6 Å². The average Bonchev–Trinajstić information content (AvgIpc) is 3.26. The van der Waals surface area contributed by atoms with E-state index in [-0.39, 0.29) is 56.6 Å². The number of H-pyrrole nitrogens is 1. The number of aliphatic carboxylic acids is 1. The number of benzene rings is 3. The summed E-state index contributed by atoms with van der Waals surface area (Å²) < 4.78 is 14.0. The number of alkyl halides is 1. The van der Waals surface area contributed by atoms with E-state index in [0.717, 1.165) is 33.2 Å². The topological polar surface area (TPSA) is 432 Å². The zero-order valence-electron chi connectivity index (χ0n) is 47.4. The fourth-order valence-corrected chi connectivity index (χ4v) is 11.3. The number of aryl methyl sites for hydroxylation is 1. The van der Waals surface area contributed by atoms with Gasteiger partial charge in [0.2, 0.25) is 47.3 Å². The molecule has 0 radical (unpaired) electrons. The van der Waals surface area contributed by atoms with Crippen LogP contribution in [0.2, 0.25) is 0 Å². The van der Waals surface area contributed by atoms with Crippen molar-refractivity contribution in [3.05, 3.63) is 114 Å². The van der Waals surface area contributed by atoms with Crippen LogP contribution in [-0.2, 0) is 69.0 Å². The molecule has 3 heterocycles. The van der Waals surface area contributed by atoms with Crippen LogP contribution in [-0.4, -0.2) is 191 Å². The Labute approximate surface area is 506 Å². The second-order valence-corrected chi connectivity index (χ2v) is 23.0. The Morgan fingerprint density at radius 3 is 2.10 bits per heavy atom. The molecule has 1 fully saturated rings. The van der Waals surface area contributed by atoms with Crippen LogP contribution in [0.5, 0.6) is 5.75 Å². The molecular formula is C56H71FN14O14S2. The minimum absolute atomic E-state index is 0.0705. The normalized spacial score (nSPS) is 20.6. The summed E-state index contributed by atoms with van der Waals surface area (Å²) in [5, 5.41) is 72.2. The van der Waals surface area contributed by atoms with Gasteiger partial charge in [0, 0.05) is 47.9 Å². The van der Waals surface area contributed by atoms with E-state index in [1.807, 2.05) is 0 Å². The number of carboxylic acid groups (broad SMARTS) is 1. The van der Waals surface area contributed by atoms with E-state index in [1.165, 1.54) is 37.4 Å². The van der Waals surface area contributed by atoms with Gasteiger partial charge in [0.1, 0.15) is 54.7 Å². The molecule has 0 spiro atoms. The third kappa shape index (κ3) is 20.5. The number of aliphatic hydroxyl groups is 2. The molecular weight excluding hydrogens is 1170 g/mol. The lowest BCUT2D eigenvalue weighted by Crippen LogP contribution is -2.62. The van der Waals surface area contributed by atoms with Crippen LogP contribution in [0, 0.1) is 0 Å². The highest BCUT2D eigenvalue weighted by atomic mass is 33.1. The minimum atomic E-state index is -1.89. The number of halogens is 1. The van der Waals surface area contributed by atoms with Crippen molar-refractivity contribution in [1.29, 1.82) is 0 Å². The highest BCUT2D eigenvalue weighted by molar-refractivity contribution is 8.76. The number of hydrogen-bond donors (Lipinski definition) is 15. The first-order chi connectivity index (χ1) is 41.6. The van der Waals surface area contributed by atoms with Gasteiger partial charge in [-0.2, -0.15) is 0 Å². The predicted octanol–water partition coefficient (Wildman–Crippen LogP) is -1.86. The van der Waals surface area contributed by atoms with Crippen molar-refractivity contribution in [2.45, 2.75) is 119 Å². The number of aromatic nitrogens is 4. The van der Waals surface area contributed by atoms with Crippen molar-refractivity contribution < 1.29 is 72.8 Å². The molecule has 1 aliphatic heterocycles. The Balaban J connectivity index is 1.40. The Kier molecular flexibility index (Phi) is 25.8. The number of carbonyl (C=O) groups is 10. The summed E-state index contributed by atoms with van der Waals surface area (Å²) >= 11 is 0. The molecule has 1 aliphatic rings. The molecule has 1 saturated heterocycles. The molecule has 2 aromatic heterocycles. The van der Waals surface area contributed by atoms with Crippen LogP contribution in [0.3, 0.4) is 0 Å². The summed E-state index contributed by atoms with van der Waals surface area (Å²) in [6.07, 6.45) is -0.593. The highest BCUT2D eigenvalue weighted by Crippen LogP contribution is 2.25. The van der Waals surface area contributed by atoms with Crippen LogP contribution in [0.25, 0.3) is 10.9 Å². The van der Waals surface area contributed by atoms with Gasteiger partial charge in [-0.25, -0.2) is 13.9 Å². The number of fused-ring (bicyclic) bond motifs is 1. The summed E-state index contributed by atoms with van der Waals surface area (Å²) in [6.45, 7) is 0.815. The number of unbranched alkanes of at least 4 members (excludes halogenated alkanes) is 1. The van der Waals surface area contributed by atoms with Crippen molar-refractivity contribution in [2.75, 3.05) is 31.3 Å². The summed E-state index contributed by atoms with van der Waals surface area (Å²) in [5.41, 5.74) is 7.76. The first-order valence-electron chi connectivity index (χ1n) is 27.7. The maximum Gasteiger partial charge on any atom is 0.328 e. The number of amides is 9. The van der Waals surface area contributed by atoms with E-state index in [9.17, 15) is 63.2 Å². The average molecular weight is 1250 g/mol. The monoisotopic (exact) mass is 1250 g/mol. The number of aliphatic hydroxyl groups excluding tert-OH is 2. The summed E-state index contributed by atoms with van der Waals surface area (Å²) in [6, 6.07) is 8.14. The third-order valence-corrected chi connectivity index (χ3v) is 16.1. The van der Waals surface area contributed by atoms with E-state index in [1.54, 1.807) is 60.8 Å². The quantitative estimate of drug-likeness (QED) is 0.0252. The van der Waals surface area contributed by atoms with Crippen molar-refractivity contribution in [2.24, 2.45) is 5.73 Å². The fraction of sp³-hybridized carbons (Fsp3) is 0.429. The minimum Gasteiger partial charge on any atom is -0.508 e. The number of nitrogens with zero attached hydrogens (tertiary/aromatic N) is 3. The zero-order chi connectivity index (χ0) is 63.2. The smallest absolute Gasteiger partial charge is 0.328 e. The van der Waals surface area contributed by atoms with E-state index in [0.29, 0.717) is 34.0 Å². The van der Waals surface area contributed by atoms with Gasteiger partial charge in [-0.3, -0.25) is 43.2 Å². The van der Waals surface area contributed by atoms with Gasteiger partial charge in [-0.05, 0) is 74.5 Å². The molecule has 0 aliphatic carbocycles. The molecule has 0 bridgehead atoms. The van der Waals surface area contributed by atoms with Crippen molar-refractivity contribution in [3.8, 4) is 5.75 Å². The number of nitrogens with two attached hydrogens (primary N) is 1. The van der Waals surface area contributed by atoms with E-state index in [4.69, 9.17) is 5.73 Å². The number of carbonyl (C=O) groups excluding carboxylic acids is 9. The number of rotatable bonds is 23. The number of aromatic hydroxyl groups is 1. The largest absolute Gasteiger partial charge is 0.508 e. The van der Waals surface area contributed by atoms with E-state index < -0.39 is 144 Å². The van der Waals surface area contributed by atoms with Crippen molar-refractivity contribution in [1.82, 2.24) is 67.8 Å². The maximum absolute atomic E-state index is 15.0. The molecule has 6 rings (SSSR count). The third-order valence-electron chi connectivity index (χ3n) is 13.7. The molecule has 0 saturated carbocycles. The van der Waals surface area contributed by atoms with Crippen LogP contribution < -0.4 is 53.6 Å². The number of nitrogens with one attached hydrogen (secondary N) is 10. The lowest BCUT2D eigenvalue weighted by atomic mass is 10.0. The lowest BCUT2D eigenvalue weighted by molar-refractivity contribution is -0.145. The standard InChI is InChI=1S/C56H71FN14O14S2/c1-30(72)46-55(83)66-44(54(82)68-47(31(2)73)56(84)85)29-87-86-28-43(65-50(78)39(22-32-10-4-3-5-11-32)61-45(75)26-60-48(76)42-27-71(21-19-57)70-69-42)53(81)63-40(23-33-15-17-35(74)18-16-33)51(79)64-41(24-34-25-59-37-13-7-6-12-36(34)37)52(80)62-38(49(77)67-46)14-8-9-20-58/h3-7,10-13,15-18,25,27,30-31,38-41,43-44,46-47,59,72-74H,8-9,14,19-24,26,28-29,58H2,1-2H3,(H,60,76)(H,61,75)(H,62,80)(H,63,81)(H,64,79)(H,65,78)(H,66,83)(H,67,77)(H,68,82)(H,84,85)/t30-,31-,38+,39-,40+,41-,43+,44+,46+,47+/m1/s1/i57-1. The van der Waals surface area contributed by atoms with Crippen LogP contribution in [0.1, 0.15) is 60.3 Å². The molecule has 16 N–H and O–H groups in total. The van der Waals surface area contributed by atoms with Gasteiger partial charge in [0.25, 0.3) is 5.91 Å². The molecule has 3 aromatic carbocycles. The first kappa shape index (κ1) is 67.5. The maximum atomic E-state index is 15.0. The number of para-hydroxylation sites is 1. The van der Waals surface area contributed by atoms with Gasteiger partial charge < -0.3 is 79.0 Å². The van der Waals surface area contributed by atoms with E-state index in [2.05, 4.69) is 63.1 Å². The second-order valence-electron chi connectivity index (χ2n) is 20.4. The Morgan fingerprint density at radius 2 is 1.43 bits per heavy atom. The molecule has 31 heteroatoms. The molecule has 10 atom stereocenters. The van der Waals surface area contributed by atoms with Gasteiger partial charge in [-0.1, -0.05) is 87.5 Å². The Morgan fingerprint density at radius 1 is 0.770 bits per heavy atom. The fourth-order valence-electron chi connectivity index (χ4n) is 8.97. The van der Waals surface area contributed by atoms with Crippen LogP contribution in [0.4, 0.5) is 4.39 Å². The van der Waals surface area contributed by atoms with E-state index >= 15 is 9.59 Å². The van der Waals surface area contributed by atoms with Gasteiger partial charge in [0.05, 0.1) is 31.5 Å². The summed E-state index contributed by atoms with van der Waals surface area (Å²) in [5.74, 6) is -11.3. The second kappa shape index (κ2) is 33.3. The number of phenolic OH excluding ortho intramolecular Hbond substituents is 1. The Hall–Kier alpha value is -8.65. The lowest BCUT2D eigenvalue weighted by Gasteiger charge is -2.29.